The lowest BCUT2D eigenvalue weighted by Gasteiger charge is -2.33. The van der Waals surface area contributed by atoms with Gasteiger partial charge in [-0.1, -0.05) is 59.6 Å². The molecule has 0 bridgehead atoms. The van der Waals surface area contributed by atoms with E-state index in [0.717, 1.165) is 5.56 Å². The smallest absolute Gasteiger partial charge is 0.335 e. The minimum absolute atomic E-state index is 0.0296. The zero-order valence-electron chi connectivity index (χ0n) is 13.7. The number of ether oxygens (including phenoxy) is 1. The Balaban J connectivity index is 1.63. The van der Waals surface area contributed by atoms with Gasteiger partial charge in [-0.05, 0) is 24.1 Å². The summed E-state index contributed by atoms with van der Waals surface area (Å²) in [7, 11) is 0. The van der Waals surface area contributed by atoms with E-state index in [1.54, 1.807) is 34.9 Å². The largest absolute Gasteiger partial charge is 0.423 e. The summed E-state index contributed by atoms with van der Waals surface area (Å²) in [6.45, 7) is 0. The molecular formula is C19H15Cl2NO3S. The van der Waals surface area contributed by atoms with E-state index in [1.165, 1.54) is 0 Å². The van der Waals surface area contributed by atoms with Gasteiger partial charge in [0, 0.05) is 12.2 Å². The van der Waals surface area contributed by atoms with Gasteiger partial charge in [-0.2, -0.15) is 0 Å². The van der Waals surface area contributed by atoms with E-state index in [9.17, 15) is 9.59 Å². The molecule has 0 N–H and O–H groups in total. The standard InChI is InChI=1S/C19H15Cl2NO3S/c20-13-7-4-8-15(17(13)21)25-18(24)14-11-26-19(10-9-16(23)22(14)19)12-5-2-1-3-6-12/h1-8,14H,9-11H2/t14-,19+/m0/s1. The van der Waals surface area contributed by atoms with Crippen molar-refractivity contribution in [2.45, 2.75) is 23.8 Å². The van der Waals surface area contributed by atoms with Crippen LogP contribution in [0.25, 0.3) is 0 Å². The van der Waals surface area contributed by atoms with Crippen LogP contribution in [0.3, 0.4) is 0 Å². The average molecular weight is 408 g/mol. The van der Waals surface area contributed by atoms with Crippen LogP contribution in [0.2, 0.25) is 10.0 Å². The van der Waals surface area contributed by atoms with Crippen molar-refractivity contribution in [1.82, 2.24) is 4.90 Å². The van der Waals surface area contributed by atoms with E-state index >= 15 is 0 Å². The van der Waals surface area contributed by atoms with Crippen molar-refractivity contribution in [2.75, 3.05) is 5.75 Å². The van der Waals surface area contributed by atoms with Crippen LogP contribution in [0, 0.1) is 0 Å². The summed E-state index contributed by atoms with van der Waals surface area (Å²) >= 11 is 13.7. The molecule has 2 aliphatic heterocycles. The molecular weight excluding hydrogens is 393 g/mol. The zero-order chi connectivity index (χ0) is 18.3. The Morgan fingerprint density at radius 2 is 1.92 bits per heavy atom. The Hall–Kier alpha value is -1.69. The van der Waals surface area contributed by atoms with Crippen LogP contribution in [-0.4, -0.2) is 28.6 Å². The molecule has 2 aromatic carbocycles. The minimum Gasteiger partial charge on any atom is -0.423 e. The number of carbonyl (C=O) groups is 2. The summed E-state index contributed by atoms with van der Waals surface area (Å²) in [5.41, 5.74) is 1.03. The number of benzene rings is 2. The van der Waals surface area contributed by atoms with E-state index in [4.69, 9.17) is 27.9 Å². The molecule has 2 atom stereocenters. The number of esters is 1. The highest BCUT2D eigenvalue weighted by molar-refractivity contribution is 8.00. The molecule has 2 fully saturated rings. The lowest BCUT2D eigenvalue weighted by molar-refractivity contribution is -0.146. The fourth-order valence-corrected chi connectivity index (χ4v) is 5.52. The molecule has 0 spiro atoms. The van der Waals surface area contributed by atoms with Gasteiger partial charge in [0.15, 0.2) is 5.75 Å². The SMILES string of the molecule is O=C(Oc1cccc(Cl)c1Cl)[C@@H]1CS[C@@]2(c3ccccc3)CCC(=O)N12. The maximum absolute atomic E-state index is 12.8. The van der Waals surface area contributed by atoms with Gasteiger partial charge in [-0.15, -0.1) is 11.8 Å². The van der Waals surface area contributed by atoms with E-state index < -0.39 is 16.9 Å². The van der Waals surface area contributed by atoms with E-state index in [2.05, 4.69) is 0 Å². The summed E-state index contributed by atoms with van der Waals surface area (Å²) in [5.74, 6) is 0.170. The molecule has 134 valence electrons. The van der Waals surface area contributed by atoms with Gasteiger partial charge in [0.1, 0.15) is 15.9 Å². The van der Waals surface area contributed by atoms with Crippen LogP contribution in [0.4, 0.5) is 0 Å². The van der Waals surface area contributed by atoms with Crippen molar-refractivity contribution in [3.63, 3.8) is 0 Å². The third kappa shape index (κ3) is 2.79. The van der Waals surface area contributed by atoms with E-state index in [0.29, 0.717) is 23.6 Å². The Bertz CT molecular complexity index is 876. The van der Waals surface area contributed by atoms with Gasteiger partial charge in [0.05, 0.1) is 5.02 Å². The third-order valence-electron chi connectivity index (χ3n) is 4.75. The van der Waals surface area contributed by atoms with E-state index in [1.807, 2.05) is 30.3 Å². The van der Waals surface area contributed by atoms with Gasteiger partial charge in [0.2, 0.25) is 5.91 Å². The van der Waals surface area contributed by atoms with Crippen LogP contribution in [0.1, 0.15) is 18.4 Å². The second-order valence-corrected chi connectivity index (χ2v) is 8.30. The second-order valence-electron chi connectivity index (χ2n) is 6.21. The average Bonchev–Trinajstić information content (AvgIpc) is 3.19. The number of amides is 1. The first kappa shape index (κ1) is 17.7. The van der Waals surface area contributed by atoms with Gasteiger partial charge in [-0.25, -0.2) is 4.79 Å². The van der Waals surface area contributed by atoms with Gasteiger partial charge >= 0.3 is 5.97 Å². The number of rotatable bonds is 3. The highest BCUT2D eigenvalue weighted by Gasteiger charge is 2.57. The third-order valence-corrected chi connectivity index (χ3v) is 7.15. The normalized spacial score (nSPS) is 24.6. The number of fused-ring (bicyclic) bond motifs is 1. The minimum atomic E-state index is -0.648. The van der Waals surface area contributed by atoms with Crippen molar-refractivity contribution in [2.24, 2.45) is 0 Å². The van der Waals surface area contributed by atoms with Crippen LogP contribution in [0.15, 0.2) is 48.5 Å². The van der Waals surface area contributed by atoms with Crippen molar-refractivity contribution < 1.29 is 14.3 Å². The summed E-state index contributed by atoms with van der Waals surface area (Å²) in [5, 5.41) is 0.504. The van der Waals surface area contributed by atoms with Crippen LogP contribution in [0.5, 0.6) is 5.75 Å². The molecule has 0 radical (unpaired) electrons. The fraction of sp³-hybridized carbons (Fsp3) is 0.263. The zero-order valence-corrected chi connectivity index (χ0v) is 16.0. The topological polar surface area (TPSA) is 46.6 Å². The summed E-state index contributed by atoms with van der Waals surface area (Å²) < 4.78 is 5.48. The first-order valence-electron chi connectivity index (χ1n) is 8.20. The van der Waals surface area contributed by atoms with Crippen molar-refractivity contribution in [1.29, 1.82) is 0 Å². The molecule has 0 saturated carbocycles. The molecule has 26 heavy (non-hydrogen) atoms. The van der Waals surface area contributed by atoms with Crippen LogP contribution < -0.4 is 4.74 Å². The second kappa shape index (κ2) is 6.80. The Morgan fingerprint density at radius 1 is 1.15 bits per heavy atom. The van der Waals surface area contributed by atoms with Gasteiger partial charge < -0.3 is 9.64 Å². The predicted molar refractivity (Wildman–Crippen MR) is 103 cm³/mol. The lowest BCUT2D eigenvalue weighted by atomic mass is 10.0. The molecule has 4 rings (SSSR count). The quantitative estimate of drug-likeness (QED) is 0.555. The highest BCUT2D eigenvalue weighted by atomic mass is 35.5. The summed E-state index contributed by atoms with van der Waals surface area (Å²) in [4.78, 5) is 26.6. The van der Waals surface area contributed by atoms with Crippen LogP contribution >= 0.6 is 35.0 Å². The molecule has 0 aromatic heterocycles. The molecule has 2 heterocycles. The Labute approximate surface area is 165 Å². The molecule has 0 unspecified atom stereocenters. The first-order chi connectivity index (χ1) is 12.5. The van der Waals surface area contributed by atoms with Gasteiger partial charge in [0.25, 0.3) is 0 Å². The number of nitrogens with zero attached hydrogens (tertiary/aromatic N) is 1. The van der Waals surface area contributed by atoms with Gasteiger partial charge in [-0.3, -0.25) is 4.79 Å². The van der Waals surface area contributed by atoms with Crippen molar-refractivity contribution in [3.8, 4) is 5.75 Å². The number of carbonyl (C=O) groups excluding carboxylic acids is 2. The first-order valence-corrected chi connectivity index (χ1v) is 9.94. The Morgan fingerprint density at radius 3 is 2.69 bits per heavy atom. The summed E-state index contributed by atoms with van der Waals surface area (Å²) in [6.07, 6.45) is 1.10. The molecule has 2 aliphatic rings. The number of hydrogen-bond acceptors (Lipinski definition) is 4. The number of thioether (sulfide) groups is 1. The number of halogens is 2. The molecule has 4 nitrogen and oxygen atoms in total. The maximum Gasteiger partial charge on any atom is 0.335 e. The van der Waals surface area contributed by atoms with Crippen LogP contribution in [-0.2, 0) is 14.5 Å². The van der Waals surface area contributed by atoms with Crippen molar-refractivity contribution >= 4 is 46.8 Å². The summed E-state index contributed by atoms with van der Waals surface area (Å²) in [6, 6.07) is 14.1. The predicted octanol–water partition coefficient (Wildman–Crippen LogP) is 4.49. The van der Waals surface area contributed by atoms with Crippen molar-refractivity contribution in [3.05, 3.63) is 64.1 Å². The Kier molecular flexibility index (Phi) is 4.63. The molecule has 2 saturated heterocycles. The lowest BCUT2D eigenvalue weighted by Crippen LogP contribution is -2.47. The van der Waals surface area contributed by atoms with E-state index in [-0.39, 0.29) is 16.7 Å². The monoisotopic (exact) mass is 407 g/mol. The molecule has 7 heteroatoms. The highest BCUT2D eigenvalue weighted by Crippen LogP contribution is 2.54. The number of hydrogen-bond donors (Lipinski definition) is 0. The molecule has 0 aliphatic carbocycles. The molecule has 2 aromatic rings. The molecule has 1 amide bonds. The fourth-order valence-electron chi connectivity index (χ4n) is 3.56. The maximum atomic E-state index is 12.8.